The minimum atomic E-state index is -0.895. The van der Waals surface area contributed by atoms with Crippen LogP contribution in [-0.2, 0) is 4.79 Å². The summed E-state index contributed by atoms with van der Waals surface area (Å²) in [6.45, 7) is 0. The van der Waals surface area contributed by atoms with Gasteiger partial charge in [0.05, 0.1) is 4.92 Å². The predicted molar refractivity (Wildman–Crippen MR) is 34.5 cm³/mol. The number of halogens is 1. The molecule has 0 heterocycles. The van der Waals surface area contributed by atoms with Crippen LogP contribution in [0.25, 0.3) is 0 Å². The summed E-state index contributed by atoms with van der Waals surface area (Å²) in [7, 11) is 0. The second-order valence-corrected chi connectivity index (χ2v) is 1.41. The zero-order chi connectivity index (χ0) is 8.69. The Bertz CT molecular complexity index is 212. The predicted octanol–water partition coefficient (Wildman–Crippen LogP) is 0.334. The summed E-state index contributed by atoms with van der Waals surface area (Å²) in [5.74, 6) is -0.895. The van der Waals surface area contributed by atoms with Gasteiger partial charge in [-0.05, 0) is 0 Å². The molecular weight excluding hydrogens is 155 g/mol. The number of carbonyl (C=O) groups is 1. The van der Waals surface area contributed by atoms with Crippen LogP contribution in [0, 0.1) is 10.1 Å². The molecule has 0 aromatic carbocycles. The number of rotatable bonds is 4. The third-order valence-corrected chi connectivity index (χ3v) is 0.645. The molecule has 0 saturated heterocycles. The fourth-order valence-electron chi connectivity index (χ4n) is 0.294. The molecule has 0 fully saturated rings. The molecule has 1 amide bonds. The Morgan fingerprint density at radius 1 is 1.64 bits per heavy atom. The van der Waals surface area contributed by atoms with Crippen LogP contribution in [0.3, 0.4) is 0 Å². The van der Waals surface area contributed by atoms with Crippen molar-refractivity contribution in [3.63, 3.8) is 0 Å². The quantitative estimate of drug-likeness (QED) is 0.279. The minimum Gasteiger partial charge on any atom is -0.332 e. The second-order valence-electron chi connectivity index (χ2n) is 1.41. The minimum absolute atomic E-state index is 0.250. The molecule has 0 aromatic rings. The van der Waals surface area contributed by atoms with Gasteiger partial charge in [-0.15, -0.1) is 0 Å². The van der Waals surface area contributed by atoms with Crippen LogP contribution in [0.4, 0.5) is 4.39 Å². The van der Waals surface area contributed by atoms with Crippen molar-refractivity contribution in [1.82, 2.24) is 5.32 Å². The summed E-state index contributed by atoms with van der Waals surface area (Å²) >= 11 is 0. The maximum Gasteiger partial charge on any atom is 0.237 e. The van der Waals surface area contributed by atoms with Gasteiger partial charge in [-0.3, -0.25) is 14.9 Å². The van der Waals surface area contributed by atoms with Gasteiger partial charge in [0.25, 0.3) is 0 Å². The molecule has 0 aromatic heterocycles. The summed E-state index contributed by atoms with van der Waals surface area (Å²) in [5, 5.41) is 11.5. The molecule has 0 aliphatic heterocycles. The van der Waals surface area contributed by atoms with E-state index in [2.05, 4.69) is 0 Å². The first-order valence-electron chi connectivity index (χ1n) is 2.54. The van der Waals surface area contributed by atoms with Gasteiger partial charge in [0.1, 0.15) is 5.83 Å². The highest BCUT2D eigenvalue weighted by Crippen LogP contribution is 1.94. The first-order valence-corrected chi connectivity index (χ1v) is 2.54. The van der Waals surface area contributed by atoms with E-state index >= 15 is 0 Å². The topological polar surface area (TPSA) is 72.2 Å². The first kappa shape index (κ1) is 9.28. The lowest BCUT2D eigenvalue weighted by Crippen LogP contribution is -1.99. The van der Waals surface area contributed by atoms with Gasteiger partial charge < -0.3 is 5.32 Å². The Kier molecular flexibility index (Phi) is 4.30. The molecule has 0 atom stereocenters. The smallest absolute Gasteiger partial charge is 0.237 e. The zero-order valence-electron chi connectivity index (χ0n) is 5.36. The second kappa shape index (κ2) is 5.10. The van der Waals surface area contributed by atoms with Crippen LogP contribution >= 0.6 is 0 Å². The largest absolute Gasteiger partial charge is 0.332 e. The summed E-state index contributed by atoms with van der Waals surface area (Å²) in [4.78, 5) is 18.4. The van der Waals surface area contributed by atoms with Gasteiger partial charge in [0.15, 0.2) is 0 Å². The summed E-state index contributed by atoms with van der Waals surface area (Å²) in [5.41, 5.74) is 0. The standard InChI is InChI=1S/C5H5FN2O3/c6-5(3-7-4-9)1-2-8(10)11/h1-4H,(H,7,9)/b2-1+,5-3+. The van der Waals surface area contributed by atoms with Crippen molar-refractivity contribution in [2.24, 2.45) is 0 Å². The van der Waals surface area contributed by atoms with E-state index in [-0.39, 0.29) is 6.41 Å². The number of hydrogen-bond donors (Lipinski definition) is 1. The highest BCUT2D eigenvalue weighted by Gasteiger charge is 1.89. The van der Waals surface area contributed by atoms with E-state index in [9.17, 15) is 19.3 Å². The van der Waals surface area contributed by atoms with Crippen molar-refractivity contribution in [2.45, 2.75) is 0 Å². The van der Waals surface area contributed by atoms with Crippen LogP contribution in [0.2, 0.25) is 0 Å². The van der Waals surface area contributed by atoms with Gasteiger partial charge in [0.2, 0.25) is 12.6 Å². The van der Waals surface area contributed by atoms with Crippen molar-refractivity contribution in [1.29, 1.82) is 0 Å². The number of nitrogens with one attached hydrogen (secondary N) is 1. The van der Waals surface area contributed by atoms with Crippen molar-refractivity contribution < 1.29 is 14.1 Å². The summed E-state index contributed by atoms with van der Waals surface area (Å²) < 4.78 is 12.2. The lowest BCUT2D eigenvalue weighted by atomic mass is 10.5. The highest BCUT2D eigenvalue weighted by atomic mass is 19.1. The molecule has 11 heavy (non-hydrogen) atoms. The Morgan fingerprint density at radius 3 is 2.73 bits per heavy atom. The van der Waals surface area contributed by atoms with E-state index in [4.69, 9.17) is 0 Å². The van der Waals surface area contributed by atoms with Crippen molar-refractivity contribution in [2.75, 3.05) is 0 Å². The lowest BCUT2D eigenvalue weighted by molar-refractivity contribution is -0.402. The van der Waals surface area contributed by atoms with E-state index in [0.717, 1.165) is 0 Å². The molecule has 0 rings (SSSR count). The highest BCUT2D eigenvalue weighted by molar-refractivity contribution is 5.48. The number of nitrogens with zero attached hydrogens (tertiary/aromatic N) is 1. The van der Waals surface area contributed by atoms with Crippen LogP contribution in [-0.4, -0.2) is 11.3 Å². The molecule has 0 unspecified atom stereocenters. The number of amides is 1. The monoisotopic (exact) mass is 160 g/mol. The normalized spacial score (nSPS) is 11.5. The zero-order valence-corrected chi connectivity index (χ0v) is 5.36. The molecule has 0 aliphatic rings. The number of allylic oxidation sites excluding steroid dienone is 2. The van der Waals surface area contributed by atoms with Crippen molar-refractivity contribution in [3.05, 3.63) is 34.4 Å². The Labute approximate surface area is 61.3 Å². The molecule has 0 spiro atoms. The molecule has 1 N–H and O–H groups in total. The molecule has 0 saturated carbocycles. The van der Waals surface area contributed by atoms with Gasteiger partial charge in [0, 0.05) is 12.3 Å². The Balaban J connectivity index is 3.94. The van der Waals surface area contributed by atoms with Crippen LogP contribution in [0.15, 0.2) is 24.3 Å². The third kappa shape index (κ3) is 6.16. The molecule has 6 heteroatoms. The number of carbonyl (C=O) groups excluding carboxylic acids is 1. The molecular formula is C5H5FN2O3. The van der Waals surface area contributed by atoms with E-state index < -0.39 is 10.8 Å². The van der Waals surface area contributed by atoms with Crippen LogP contribution in [0.5, 0.6) is 0 Å². The van der Waals surface area contributed by atoms with Gasteiger partial charge in [-0.25, -0.2) is 4.39 Å². The lowest BCUT2D eigenvalue weighted by Gasteiger charge is -1.83. The van der Waals surface area contributed by atoms with E-state index in [1.54, 1.807) is 0 Å². The SMILES string of the molecule is O=CN/C=C(F)\C=C\[N+](=O)[O-]. The molecule has 0 radical (unpaired) electrons. The number of hydrogen-bond acceptors (Lipinski definition) is 3. The van der Waals surface area contributed by atoms with Gasteiger partial charge in [-0.2, -0.15) is 0 Å². The van der Waals surface area contributed by atoms with Crippen molar-refractivity contribution in [3.8, 4) is 0 Å². The van der Waals surface area contributed by atoms with E-state index in [1.165, 1.54) is 0 Å². The fraction of sp³-hybridized carbons (Fsp3) is 0. The fourth-order valence-corrected chi connectivity index (χ4v) is 0.294. The van der Waals surface area contributed by atoms with Gasteiger partial charge >= 0.3 is 0 Å². The molecule has 60 valence electrons. The molecule has 0 aliphatic carbocycles. The molecule has 5 nitrogen and oxygen atoms in total. The summed E-state index contributed by atoms with van der Waals surface area (Å²) in [6.07, 6.45) is 2.00. The third-order valence-electron chi connectivity index (χ3n) is 0.645. The van der Waals surface area contributed by atoms with Crippen LogP contribution in [0.1, 0.15) is 0 Å². The summed E-state index contributed by atoms with van der Waals surface area (Å²) in [6, 6.07) is 0. The Morgan fingerprint density at radius 2 is 2.27 bits per heavy atom. The van der Waals surface area contributed by atoms with Gasteiger partial charge in [-0.1, -0.05) is 0 Å². The van der Waals surface area contributed by atoms with Crippen LogP contribution < -0.4 is 5.32 Å². The molecule has 0 bridgehead atoms. The van der Waals surface area contributed by atoms with Crippen molar-refractivity contribution >= 4 is 6.41 Å². The number of nitro groups is 1. The average Bonchev–Trinajstić information content (AvgIpc) is 1.97. The van der Waals surface area contributed by atoms with E-state index in [1.807, 2.05) is 5.32 Å². The maximum atomic E-state index is 12.2. The van der Waals surface area contributed by atoms with E-state index in [0.29, 0.717) is 18.5 Å². The Hall–Kier alpha value is -1.72. The average molecular weight is 160 g/mol. The first-order chi connectivity index (χ1) is 5.16. The maximum absolute atomic E-state index is 12.2.